The average molecular weight is 488 g/mol. The summed E-state index contributed by atoms with van der Waals surface area (Å²) in [5, 5.41) is 21.9. The maximum Gasteiger partial charge on any atom is 0.256 e. The summed E-state index contributed by atoms with van der Waals surface area (Å²) >= 11 is 0. The van der Waals surface area contributed by atoms with Gasteiger partial charge in [0.25, 0.3) is 11.8 Å². The van der Waals surface area contributed by atoms with Crippen molar-refractivity contribution in [3.05, 3.63) is 70.5 Å². The van der Waals surface area contributed by atoms with Gasteiger partial charge in [0.1, 0.15) is 12.4 Å². The molecule has 8 heteroatoms. The number of aliphatic hydroxyl groups is 2. The highest BCUT2D eigenvalue weighted by atomic mass is 16.5. The summed E-state index contributed by atoms with van der Waals surface area (Å²) in [6, 6.07) is 13.3. The van der Waals surface area contributed by atoms with Gasteiger partial charge in [-0.1, -0.05) is 24.3 Å². The SMILES string of the molecule is Cc1[nH]c(C=C2C(=O)Nc3cccc(-c4cccc(OCCO)c4)c32)c(C)c1C(=O)N1CC[C@@H](O)C1. The van der Waals surface area contributed by atoms with Gasteiger partial charge in [-0.15, -0.1) is 0 Å². The molecule has 2 aliphatic rings. The Hall–Kier alpha value is -3.88. The molecule has 1 fully saturated rings. The Morgan fingerprint density at radius 2 is 2.03 bits per heavy atom. The van der Waals surface area contributed by atoms with Crippen molar-refractivity contribution < 1.29 is 24.5 Å². The van der Waals surface area contributed by atoms with Gasteiger partial charge in [-0.25, -0.2) is 0 Å². The van der Waals surface area contributed by atoms with Crippen molar-refractivity contribution in [3.63, 3.8) is 0 Å². The van der Waals surface area contributed by atoms with Crippen molar-refractivity contribution in [3.8, 4) is 16.9 Å². The Balaban J connectivity index is 1.55. The molecule has 36 heavy (non-hydrogen) atoms. The van der Waals surface area contributed by atoms with E-state index in [9.17, 15) is 14.7 Å². The number of nitrogens with zero attached hydrogens (tertiary/aromatic N) is 1. The first-order valence-corrected chi connectivity index (χ1v) is 12.0. The van der Waals surface area contributed by atoms with Crippen LogP contribution >= 0.6 is 0 Å². The average Bonchev–Trinajstić information content (AvgIpc) is 3.53. The number of aryl methyl sites for hydroxylation is 1. The molecule has 1 saturated heterocycles. The van der Waals surface area contributed by atoms with Crippen LogP contribution in [0.1, 0.15) is 39.3 Å². The number of fused-ring (bicyclic) bond motifs is 1. The van der Waals surface area contributed by atoms with E-state index in [1.165, 1.54) is 0 Å². The Morgan fingerprint density at radius 1 is 1.22 bits per heavy atom. The maximum atomic E-state index is 13.2. The normalized spacial score (nSPS) is 18.0. The summed E-state index contributed by atoms with van der Waals surface area (Å²) in [6.45, 7) is 4.71. The maximum absolute atomic E-state index is 13.2. The minimum absolute atomic E-state index is 0.0754. The minimum atomic E-state index is -0.486. The highest BCUT2D eigenvalue weighted by Gasteiger charge is 2.31. The zero-order valence-electron chi connectivity index (χ0n) is 20.3. The van der Waals surface area contributed by atoms with Crippen molar-refractivity contribution in [2.45, 2.75) is 26.4 Å². The number of benzene rings is 2. The first kappa shape index (κ1) is 23.8. The first-order valence-electron chi connectivity index (χ1n) is 12.0. The van der Waals surface area contributed by atoms with Crippen LogP contribution in [-0.4, -0.2) is 64.3 Å². The summed E-state index contributed by atoms with van der Waals surface area (Å²) in [5.74, 6) is 0.305. The van der Waals surface area contributed by atoms with Gasteiger partial charge in [-0.2, -0.15) is 0 Å². The monoisotopic (exact) mass is 487 g/mol. The van der Waals surface area contributed by atoms with Gasteiger partial charge < -0.3 is 30.2 Å². The second-order valence-electron chi connectivity index (χ2n) is 9.20. The van der Waals surface area contributed by atoms with Gasteiger partial charge in [-0.3, -0.25) is 9.59 Å². The largest absolute Gasteiger partial charge is 0.491 e. The lowest BCUT2D eigenvalue weighted by atomic mass is 9.94. The van der Waals surface area contributed by atoms with E-state index in [1.807, 2.05) is 56.3 Å². The van der Waals surface area contributed by atoms with Crippen LogP contribution in [0.4, 0.5) is 5.69 Å². The first-order chi connectivity index (χ1) is 17.4. The fourth-order valence-corrected chi connectivity index (χ4v) is 5.01. The van der Waals surface area contributed by atoms with Gasteiger partial charge >= 0.3 is 0 Å². The highest BCUT2D eigenvalue weighted by Crippen LogP contribution is 2.41. The number of carbonyl (C=O) groups is 2. The topological polar surface area (TPSA) is 115 Å². The van der Waals surface area contributed by atoms with Crippen molar-refractivity contribution >= 4 is 29.2 Å². The molecular formula is C28H29N3O5. The van der Waals surface area contributed by atoms with Gasteiger partial charge in [0, 0.05) is 35.7 Å². The number of ether oxygens (including phenoxy) is 1. The van der Waals surface area contributed by atoms with E-state index in [-0.39, 0.29) is 25.0 Å². The molecule has 1 aromatic heterocycles. The number of rotatable bonds is 6. The number of likely N-dealkylation sites (tertiary alicyclic amines) is 1. The lowest BCUT2D eigenvalue weighted by molar-refractivity contribution is -0.110. The van der Waals surface area contributed by atoms with E-state index in [2.05, 4.69) is 10.3 Å². The molecule has 0 bridgehead atoms. The van der Waals surface area contributed by atoms with Crippen LogP contribution in [0.25, 0.3) is 22.8 Å². The Kier molecular flexibility index (Phi) is 6.38. The van der Waals surface area contributed by atoms with E-state index in [1.54, 1.807) is 11.0 Å². The molecule has 1 atom stereocenters. The lowest BCUT2D eigenvalue weighted by Gasteiger charge is -2.16. The summed E-state index contributed by atoms with van der Waals surface area (Å²) < 4.78 is 5.58. The molecule has 5 rings (SSSR count). The van der Waals surface area contributed by atoms with Crippen LogP contribution in [0, 0.1) is 13.8 Å². The van der Waals surface area contributed by atoms with Crippen LogP contribution in [0.2, 0.25) is 0 Å². The minimum Gasteiger partial charge on any atom is -0.491 e. The van der Waals surface area contributed by atoms with Crippen molar-refractivity contribution in [2.24, 2.45) is 0 Å². The molecule has 0 saturated carbocycles. The number of aliphatic hydroxyl groups excluding tert-OH is 2. The Bertz CT molecular complexity index is 1370. The quantitative estimate of drug-likeness (QED) is 0.398. The third kappa shape index (κ3) is 4.29. The molecule has 3 heterocycles. The molecule has 4 N–H and O–H groups in total. The van der Waals surface area contributed by atoms with E-state index in [0.29, 0.717) is 47.8 Å². The third-order valence-corrected chi connectivity index (χ3v) is 6.76. The van der Waals surface area contributed by atoms with Crippen LogP contribution in [0.3, 0.4) is 0 Å². The number of amides is 2. The fourth-order valence-electron chi connectivity index (χ4n) is 5.01. The standard InChI is InChI=1S/C28H29N3O5/c1-16-24(29-17(2)25(16)28(35)31-10-9-19(33)15-31)14-22-26-21(7-4-8-23(26)30-27(22)34)18-5-3-6-20(13-18)36-12-11-32/h3-8,13-14,19,29,32-33H,9-12,15H2,1-2H3,(H,30,34)/t19-/m1/s1. The number of hydrogen-bond donors (Lipinski definition) is 4. The van der Waals surface area contributed by atoms with Crippen LogP contribution in [0.15, 0.2) is 42.5 Å². The zero-order chi connectivity index (χ0) is 25.4. The number of hydrogen-bond acceptors (Lipinski definition) is 5. The molecule has 2 amide bonds. The van der Waals surface area contributed by atoms with Crippen molar-refractivity contribution in [1.29, 1.82) is 0 Å². The summed E-state index contributed by atoms with van der Waals surface area (Å²) in [6.07, 6.45) is 1.89. The number of β-amino-alcohol motifs (C(OH)–C–C–N with tert-alkyl or cyclic N) is 1. The zero-order valence-corrected chi connectivity index (χ0v) is 20.3. The highest BCUT2D eigenvalue weighted by molar-refractivity contribution is 6.36. The van der Waals surface area contributed by atoms with E-state index in [4.69, 9.17) is 9.84 Å². The summed E-state index contributed by atoms with van der Waals surface area (Å²) in [5.41, 5.74) is 6.53. The lowest BCUT2D eigenvalue weighted by Crippen LogP contribution is -2.30. The molecule has 0 unspecified atom stereocenters. The molecule has 8 nitrogen and oxygen atoms in total. The van der Waals surface area contributed by atoms with Gasteiger partial charge in [0.2, 0.25) is 0 Å². The smallest absolute Gasteiger partial charge is 0.256 e. The second kappa shape index (κ2) is 9.64. The third-order valence-electron chi connectivity index (χ3n) is 6.76. The van der Waals surface area contributed by atoms with E-state index >= 15 is 0 Å². The Labute approximate surface area is 209 Å². The van der Waals surface area contributed by atoms with Gasteiger partial charge in [0.05, 0.1) is 23.8 Å². The van der Waals surface area contributed by atoms with Crippen molar-refractivity contribution in [2.75, 3.05) is 31.6 Å². The molecule has 0 spiro atoms. The van der Waals surface area contributed by atoms with Crippen LogP contribution < -0.4 is 10.1 Å². The van der Waals surface area contributed by atoms with Gasteiger partial charge in [-0.05, 0) is 61.2 Å². The fraction of sp³-hybridized carbons (Fsp3) is 0.286. The number of aromatic nitrogens is 1. The molecule has 0 radical (unpaired) electrons. The number of H-pyrrole nitrogens is 1. The summed E-state index contributed by atoms with van der Waals surface area (Å²) in [7, 11) is 0. The predicted molar refractivity (Wildman–Crippen MR) is 138 cm³/mol. The van der Waals surface area contributed by atoms with E-state index in [0.717, 1.165) is 27.9 Å². The summed E-state index contributed by atoms with van der Waals surface area (Å²) in [4.78, 5) is 31.2. The Morgan fingerprint density at radius 3 is 2.78 bits per heavy atom. The van der Waals surface area contributed by atoms with E-state index < -0.39 is 6.10 Å². The predicted octanol–water partition coefficient (Wildman–Crippen LogP) is 3.37. The molecule has 0 aliphatic carbocycles. The molecule has 2 aromatic carbocycles. The van der Waals surface area contributed by atoms with Crippen LogP contribution in [0.5, 0.6) is 5.75 Å². The number of carbonyl (C=O) groups excluding carboxylic acids is 2. The number of anilines is 1. The van der Waals surface area contributed by atoms with Gasteiger partial charge in [0.15, 0.2) is 0 Å². The molecule has 3 aromatic rings. The molecule has 2 aliphatic heterocycles. The number of nitrogens with one attached hydrogen (secondary N) is 2. The number of aromatic amines is 1. The van der Waals surface area contributed by atoms with Crippen molar-refractivity contribution in [1.82, 2.24) is 9.88 Å². The second-order valence-corrected chi connectivity index (χ2v) is 9.20. The molecular weight excluding hydrogens is 458 g/mol. The van der Waals surface area contributed by atoms with Crippen LogP contribution in [-0.2, 0) is 4.79 Å². The molecule has 186 valence electrons.